The van der Waals surface area contributed by atoms with Gasteiger partial charge in [0.15, 0.2) is 6.29 Å². The molecule has 122 valence electrons. The minimum Gasteiger partial charge on any atom is -0.469 e. The van der Waals surface area contributed by atoms with Crippen molar-refractivity contribution in [2.24, 2.45) is 11.8 Å². The predicted octanol–water partition coefficient (Wildman–Crippen LogP) is 2.30. The molecule has 1 aliphatic heterocycles. The topological polar surface area (TPSA) is 65.0 Å². The summed E-state index contributed by atoms with van der Waals surface area (Å²) in [4.78, 5) is 11.6. The molecule has 5 nitrogen and oxygen atoms in total. The van der Waals surface area contributed by atoms with Crippen LogP contribution in [0.1, 0.15) is 32.1 Å². The first kappa shape index (κ1) is 16.9. The van der Waals surface area contributed by atoms with Crippen LogP contribution in [0.2, 0.25) is 0 Å². The fourth-order valence-corrected chi connectivity index (χ4v) is 2.80. The third kappa shape index (κ3) is 3.85. The second kappa shape index (κ2) is 7.72. The van der Waals surface area contributed by atoms with E-state index in [2.05, 4.69) is 0 Å². The summed E-state index contributed by atoms with van der Waals surface area (Å²) in [6.07, 6.45) is -0.839. The third-order valence-electron chi connectivity index (χ3n) is 4.20. The Hall–Kier alpha value is -1.43. The van der Waals surface area contributed by atoms with Gasteiger partial charge in [0.05, 0.1) is 25.7 Å². The molecule has 0 unspecified atom stereocenters. The zero-order valence-electron chi connectivity index (χ0n) is 13.3. The van der Waals surface area contributed by atoms with Gasteiger partial charge in [-0.3, -0.25) is 4.79 Å². The molecule has 5 heteroatoms. The summed E-state index contributed by atoms with van der Waals surface area (Å²) < 4.78 is 16.8. The molecule has 2 rings (SSSR count). The Morgan fingerprint density at radius 3 is 2.59 bits per heavy atom. The molecule has 1 aromatic rings. The molecule has 0 aliphatic carbocycles. The molecule has 1 saturated heterocycles. The number of hydrogen-bond donors (Lipinski definition) is 1. The van der Waals surface area contributed by atoms with Crippen LogP contribution in [0.25, 0.3) is 0 Å². The number of benzene rings is 1. The van der Waals surface area contributed by atoms with Gasteiger partial charge < -0.3 is 19.3 Å². The largest absolute Gasteiger partial charge is 0.469 e. The third-order valence-corrected chi connectivity index (χ3v) is 4.20. The second-order valence-electron chi connectivity index (χ2n) is 5.82. The van der Waals surface area contributed by atoms with Crippen molar-refractivity contribution in [2.45, 2.75) is 38.8 Å². The molecule has 1 aromatic carbocycles. The molecule has 0 radical (unpaired) electrons. The van der Waals surface area contributed by atoms with Crippen molar-refractivity contribution >= 4 is 5.97 Å². The highest BCUT2D eigenvalue weighted by Gasteiger charge is 2.40. The molecule has 0 bridgehead atoms. The minimum absolute atomic E-state index is 0.0128. The molecule has 0 saturated carbocycles. The number of aliphatic hydroxyl groups excluding tert-OH is 1. The maximum absolute atomic E-state index is 11.6. The second-order valence-corrected chi connectivity index (χ2v) is 5.82. The van der Waals surface area contributed by atoms with Crippen LogP contribution in [0.15, 0.2) is 30.3 Å². The minimum atomic E-state index is -0.536. The van der Waals surface area contributed by atoms with Crippen molar-refractivity contribution in [1.29, 1.82) is 0 Å². The van der Waals surface area contributed by atoms with Gasteiger partial charge in [0.25, 0.3) is 0 Å². The number of aliphatic hydroxyl groups is 1. The van der Waals surface area contributed by atoms with Crippen LogP contribution < -0.4 is 0 Å². The van der Waals surface area contributed by atoms with E-state index in [0.717, 1.165) is 5.56 Å². The standard InChI is InChI=1S/C17H24O5/c1-11(10-18)16-12(2)14(9-15(19)20-3)21-17(22-16)13-7-5-4-6-8-13/h4-8,11-12,14,16-18H,9-10H2,1-3H3/t11-,12-,14-,16+,17-/m1/s1. The van der Waals surface area contributed by atoms with Gasteiger partial charge in [-0.2, -0.15) is 0 Å². The zero-order chi connectivity index (χ0) is 16.1. The van der Waals surface area contributed by atoms with E-state index < -0.39 is 6.29 Å². The first-order valence-corrected chi connectivity index (χ1v) is 7.60. The number of ether oxygens (including phenoxy) is 3. The zero-order valence-corrected chi connectivity index (χ0v) is 13.3. The van der Waals surface area contributed by atoms with E-state index in [-0.39, 0.29) is 43.0 Å². The van der Waals surface area contributed by atoms with Gasteiger partial charge in [0, 0.05) is 24.0 Å². The number of rotatable bonds is 5. The fraction of sp³-hybridized carbons (Fsp3) is 0.588. The van der Waals surface area contributed by atoms with Crippen molar-refractivity contribution < 1.29 is 24.1 Å². The first-order valence-electron chi connectivity index (χ1n) is 7.60. The Morgan fingerprint density at radius 2 is 2.00 bits per heavy atom. The Kier molecular flexibility index (Phi) is 5.94. The molecule has 0 amide bonds. The summed E-state index contributed by atoms with van der Waals surface area (Å²) in [5, 5.41) is 9.46. The quantitative estimate of drug-likeness (QED) is 0.846. The smallest absolute Gasteiger partial charge is 0.308 e. The summed E-state index contributed by atoms with van der Waals surface area (Å²) >= 11 is 0. The lowest BCUT2D eigenvalue weighted by Gasteiger charge is -2.42. The summed E-state index contributed by atoms with van der Waals surface area (Å²) in [6, 6.07) is 9.61. The van der Waals surface area contributed by atoms with Gasteiger partial charge in [-0.05, 0) is 0 Å². The van der Waals surface area contributed by atoms with Gasteiger partial charge in [-0.1, -0.05) is 44.2 Å². The average molecular weight is 308 g/mol. The maximum atomic E-state index is 11.6. The molecule has 1 aliphatic rings. The van der Waals surface area contributed by atoms with E-state index in [1.54, 1.807) is 0 Å². The highest BCUT2D eigenvalue weighted by atomic mass is 16.7. The van der Waals surface area contributed by atoms with E-state index in [1.807, 2.05) is 44.2 Å². The summed E-state index contributed by atoms with van der Waals surface area (Å²) in [5.41, 5.74) is 0.902. The summed E-state index contributed by atoms with van der Waals surface area (Å²) in [7, 11) is 1.37. The van der Waals surface area contributed by atoms with Crippen molar-refractivity contribution in [3.8, 4) is 0 Å². The monoisotopic (exact) mass is 308 g/mol. The van der Waals surface area contributed by atoms with Crippen LogP contribution in [-0.2, 0) is 19.0 Å². The molecule has 0 spiro atoms. The lowest BCUT2D eigenvalue weighted by atomic mass is 9.87. The highest BCUT2D eigenvalue weighted by molar-refractivity contribution is 5.69. The molecular weight excluding hydrogens is 284 g/mol. The lowest BCUT2D eigenvalue weighted by Crippen LogP contribution is -2.46. The Labute approximate surface area is 131 Å². The van der Waals surface area contributed by atoms with E-state index in [4.69, 9.17) is 14.2 Å². The SMILES string of the molecule is COC(=O)C[C@H]1O[C@@H](c2ccccc2)O[C@@H]([C@H](C)CO)[C@@H]1C. The first-order chi connectivity index (χ1) is 10.6. The van der Waals surface area contributed by atoms with Crippen molar-refractivity contribution in [3.05, 3.63) is 35.9 Å². The number of hydrogen-bond acceptors (Lipinski definition) is 5. The van der Waals surface area contributed by atoms with Gasteiger partial charge >= 0.3 is 5.97 Å². The molecule has 5 atom stereocenters. The molecule has 1 heterocycles. The molecule has 1 fully saturated rings. The van der Waals surface area contributed by atoms with Crippen LogP contribution in [0.3, 0.4) is 0 Å². The Bertz CT molecular complexity index is 475. The van der Waals surface area contributed by atoms with Crippen LogP contribution in [0, 0.1) is 11.8 Å². The van der Waals surface area contributed by atoms with E-state index in [0.29, 0.717) is 0 Å². The van der Waals surface area contributed by atoms with Gasteiger partial charge in [-0.15, -0.1) is 0 Å². The molecule has 0 aromatic heterocycles. The van der Waals surface area contributed by atoms with E-state index in [9.17, 15) is 9.90 Å². The fourth-order valence-electron chi connectivity index (χ4n) is 2.80. The summed E-state index contributed by atoms with van der Waals surface area (Å²) in [5.74, 6) is -0.354. The van der Waals surface area contributed by atoms with Crippen LogP contribution >= 0.6 is 0 Å². The van der Waals surface area contributed by atoms with Gasteiger partial charge in [-0.25, -0.2) is 0 Å². The van der Waals surface area contributed by atoms with Gasteiger partial charge in [0.2, 0.25) is 0 Å². The molecular formula is C17H24O5. The van der Waals surface area contributed by atoms with Crippen LogP contribution in [0.4, 0.5) is 0 Å². The van der Waals surface area contributed by atoms with Crippen molar-refractivity contribution in [2.75, 3.05) is 13.7 Å². The average Bonchev–Trinajstić information content (AvgIpc) is 2.56. The highest BCUT2D eigenvalue weighted by Crippen LogP contribution is 2.37. The van der Waals surface area contributed by atoms with Crippen molar-refractivity contribution in [1.82, 2.24) is 0 Å². The predicted molar refractivity (Wildman–Crippen MR) is 81.0 cm³/mol. The number of carbonyl (C=O) groups is 1. The lowest BCUT2D eigenvalue weighted by molar-refractivity contribution is -0.282. The number of carbonyl (C=O) groups excluding carboxylic acids is 1. The van der Waals surface area contributed by atoms with Crippen molar-refractivity contribution in [3.63, 3.8) is 0 Å². The maximum Gasteiger partial charge on any atom is 0.308 e. The normalized spacial score (nSPS) is 29.8. The molecule has 22 heavy (non-hydrogen) atoms. The number of esters is 1. The Balaban J connectivity index is 2.20. The van der Waals surface area contributed by atoms with E-state index >= 15 is 0 Å². The van der Waals surface area contributed by atoms with Gasteiger partial charge in [0.1, 0.15) is 0 Å². The van der Waals surface area contributed by atoms with Crippen LogP contribution in [-0.4, -0.2) is 37.0 Å². The summed E-state index contributed by atoms with van der Waals surface area (Å²) in [6.45, 7) is 3.94. The Morgan fingerprint density at radius 1 is 1.32 bits per heavy atom. The number of methoxy groups -OCH3 is 1. The molecule has 1 N–H and O–H groups in total. The van der Waals surface area contributed by atoms with E-state index in [1.165, 1.54) is 7.11 Å². The van der Waals surface area contributed by atoms with Crippen LogP contribution in [0.5, 0.6) is 0 Å².